The van der Waals surface area contributed by atoms with Crippen molar-refractivity contribution in [2.45, 2.75) is 43.9 Å². The highest BCUT2D eigenvalue weighted by Crippen LogP contribution is 2.29. The lowest BCUT2D eigenvalue weighted by atomic mass is 9.90. The van der Waals surface area contributed by atoms with E-state index in [1.165, 1.54) is 6.07 Å². The first kappa shape index (κ1) is 24.2. The van der Waals surface area contributed by atoms with E-state index < -0.39 is 30.1 Å². The molecule has 2 aromatic carbocycles. The number of benzene rings is 2. The number of amides is 3. The molecule has 12 heteroatoms. The van der Waals surface area contributed by atoms with E-state index in [2.05, 4.69) is 31.4 Å². The van der Waals surface area contributed by atoms with Crippen molar-refractivity contribution >= 4 is 28.8 Å². The molecule has 184 valence electrons. The summed E-state index contributed by atoms with van der Waals surface area (Å²) in [5.74, 6) is -1.60. The van der Waals surface area contributed by atoms with Gasteiger partial charge in [0.1, 0.15) is 11.0 Å². The number of hydrogen-bond acceptors (Lipinski definition) is 5. The summed E-state index contributed by atoms with van der Waals surface area (Å²) in [7, 11) is 0. The van der Waals surface area contributed by atoms with Crippen LogP contribution in [0.1, 0.15) is 52.0 Å². The van der Waals surface area contributed by atoms with E-state index in [0.717, 1.165) is 31.0 Å². The number of rotatable bonds is 6. The molecule has 4 N–H and O–H groups in total. The first-order chi connectivity index (χ1) is 16.7. The van der Waals surface area contributed by atoms with Gasteiger partial charge in [-0.15, -0.1) is 0 Å². The second-order valence-electron chi connectivity index (χ2n) is 8.33. The van der Waals surface area contributed by atoms with Crippen LogP contribution in [-0.2, 0) is 11.0 Å². The van der Waals surface area contributed by atoms with Crippen molar-refractivity contribution in [1.82, 2.24) is 31.4 Å². The molecule has 0 unspecified atom stereocenters. The average molecular weight is 488 g/mol. The van der Waals surface area contributed by atoms with Crippen molar-refractivity contribution in [2.75, 3.05) is 6.54 Å². The van der Waals surface area contributed by atoms with Crippen LogP contribution in [0.5, 0.6) is 0 Å². The molecule has 0 radical (unpaired) electrons. The lowest BCUT2D eigenvalue weighted by molar-refractivity contribution is -0.137. The van der Waals surface area contributed by atoms with Crippen molar-refractivity contribution in [3.63, 3.8) is 0 Å². The van der Waals surface area contributed by atoms with Crippen molar-refractivity contribution in [3.8, 4) is 0 Å². The van der Waals surface area contributed by atoms with Crippen LogP contribution < -0.4 is 16.0 Å². The van der Waals surface area contributed by atoms with E-state index in [0.29, 0.717) is 29.4 Å². The van der Waals surface area contributed by atoms with Crippen LogP contribution in [0.2, 0.25) is 0 Å². The molecule has 1 heterocycles. The Morgan fingerprint density at radius 1 is 0.886 bits per heavy atom. The molecule has 35 heavy (non-hydrogen) atoms. The Kier molecular flexibility index (Phi) is 6.99. The Morgan fingerprint density at radius 2 is 1.57 bits per heavy atom. The molecule has 3 aromatic rings. The summed E-state index contributed by atoms with van der Waals surface area (Å²) in [6, 6.07) is 8.25. The van der Waals surface area contributed by atoms with Gasteiger partial charge in [-0.2, -0.15) is 28.6 Å². The fraction of sp³-hybridized carbons (Fsp3) is 0.348. The molecular weight excluding hydrogens is 465 g/mol. The van der Waals surface area contributed by atoms with E-state index >= 15 is 0 Å². The van der Waals surface area contributed by atoms with E-state index in [-0.39, 0.29) is 23.6 Å². The number of fused-ring (bicyclic) bond motifs is 1. The van der Waals surface area contributed by atoms with E-state index in [1.54, 1.807) is 18.2 Å². The van der Waals surface area contributed by atoms with Gasteiger partial charge in [-0.25, -0.2) is 0 Å². The van der Waals surface area contributed by atoms with Crippen LogP contribution in [0.25, 0.3) is 11.0 Å². The molecule has 0 aliphatic heterocycles. The summed E-state index contributed by atoms with van der Waals surface area (Å²) < 4.78 is 38.6. The molecule has 0 spiro atoms. The first-order valence-electron chi connectivity index (χ1n) is 11.1. The number of nitrogens with zero attached hydrogens (tertiary/aromatic N) is 2. The summed E-state index contributed by atoms with van der Waals surface area (Å²) in [6.07, 6.45) is -1.53. The lowest BCUT2D eigenvalue weighted by Crippen LogP contribution is -2.54. The third-order valence-corrected chi connectivity index (χ3v) is 5.87. The predicted octanol–water partition coefficient (Wildman–Crippen LogP) is 2.56. The summed E-state index contributed by atoms with van der Waals surface area (Å²) >= 11 is 0. The summed E-state index contributed by atoms with van der Waals surface area (Å²) in [6.45, 7) is -0.408. The number of aromatic nitrogens is 3. The molecule has 2 atom stereocenters. The highest BCUT2D eigenvalue weighted by molar-refractivity contribution is 5.98. The van der Waals surface area contributed by atoms with Gasteiger partial charge in [0.05, 0.1) is 12.1 Å². The van der Waals surface area contributed by atoms with Gasteiger partial charge in [0.15, 0.2) is 0 Å². The molecule has 1 aliphatic carbocycles. The SMILES string of the molecule is O=C(CNC(=O)c1cccc(C(F)(F)F)c1)N[C@H]1CCCC[C@H]1NC(=O)c1ccc2n[nH]nc2c1. The molecule has 0 bridgehead atoms. The number of aromatic amines is 1. The van der Waals surface area contributed by atoms with E-state index in [1.807, 2.05) is 0 Å². The molecule has 1 aliphatic rings. The van der Waals surface area contributed by atoms with Gasteiger partial charge in [0, 0.05) is 23.2 Å². The number of hydrogen-bond donors (Lipinski definition) is 4. The maximum Gasteiger partial charge on any atom is 0.416 e. The van der Waals surface area contributed by atoms with Gasteiger partial charge < -0.3 is 16.0 Å². The Labute approximate surface area is 197 Å². The van der Waals surface area contributed by atoms with Crippen LogP contribution in [0.15, 0.2) is 42.5 Å². The van der Waals surface area contributed by atoms with E-state index in [9.17, 15) is 27.6 Å². The van der Waals surface area contributed by atoms with Crippen molar-refractivity contribution in [1.29, 1.82) is 0 Å². The third-order valence-electron chi connectivity index (χ3n) is 5.87. The predicted molar refractivity (Wildman–Crippen MR) is 119 cm³/mol. The summed E-state index contributed by atoms with van der Waals surface area (Å²) in [5, 5.41) is 18.5. The van der Waals surface area contributed by atoms with Crippen molar-refractivity contribution in [3.05, 3.63) is 59.2 Å². The minimum absolute atomic E-state index is 0.195. The highest BCUT2D eigenvalue weighted by atomic mass is 19.4. The third kappa shape index (κ3) is 5.94. The van der Waals surface area contributed by atoms with Crippen LogP contribution >= 0.6 is 0 Å². The second-order valence-corrected chi connectivity index (χ2v) is 8.33. The number of carbonyl (C=O) groups is 3. The number of alkyl halides is 3. The average Bonchev–Trinajstić information content (AvgIpc) is 3.31. The largest absolute Gasteiger partial charge is 0.416 e. The Balaban J connectivity index is 1.32. The van der Waals surface area contributed by atoms with Crippen molar-refractivity contribution in [2.24, 2.45) is 0 Å². The van der Waals surface area contributed by atoms with Gasteiger partial charge in [-0.1, -0.05) is 18.9 Å². The molecule has 1 fully saturated rings. The molecule has 0 saturated heterocycles. The summed E-state index contributed by atoms with van der Waals surface area (Å²) in [5.41, 5.74) is 0.465. The minimum Gasteiger partial charge on any atom is -0.350 e. The fourth-order valence-electron chi connectivity index (χ4n) is 4.07. The van der Waals surface area contributed by atoms with Crippen LogP contribution in [0.3, 0.4) is 0 Å². The number of H-pyrrole nitrogens is 1. The number of nitrogens with one attached hydrogen (secondary N) is 4. The molecule has 3 amide bonds. The zero-order chi connectivity index (χ0) is 25.0. The zero-order valence-electron chi connectivity index (χ0n) is 18.5. The van der Waals surface area contributed by atoms with Gasteiger partial charge >= 0.3 is 6.18 Å². The Hall–Kier alpha value is -3.96. The Morgan fingerprint density at radius 3 is 2.31 bits per heavy atom. The quantitative estimate of drug-likeness (QED) is 0.424. The molecular formula is C23H23F3N6O3. The second kappa shape index (κ2) is 10.1. The van der Waals surface area contributed by atoms with Crippen molar-refractivity contribution < 1.29 is 27.6 Å². The van der Waals surface area contributed by atoms with Crippen LogP contribution in [0, 0.1) is 0 Å². The maximum atomic E-state index is 12.9. The molecule has 1 aromatic heterocycles. The summed E-state index contributed by atoms with van der Waals surface area (Å²) in [4.78, 5) is 37.4. The Bertz CT molecular complexity index is 1240. The minimum atomic E-state index is -4.57. The van der Waals surface area contributed by atoms with Gasteiger partial charge in [0.25, 0.3) is 11.8 Å². The van der Waals surface area contributed by atoms with Gasteiger partial charge in [0.2, 0.25) is 5.91 Å². The normalized spacial score (nSPS) is 18.1. The van der Waals surface area contributed by atoms with Crippen LogP contribution in [0.4, 0.5) is 13.2 Å². The first-order valence-corrected chi connectivity index (χ1v) is 11.1. The standard InChI is InChI=1S/C23H23F3N6O3/c24-23(25,26)15-5-3-4-13(10-15)21(34)27-12-20(33)28-16-6-1-2-7-17(16)29-22(35)14-8-9-18-19(11-14)31-32-30-18/h3-5,8-11,16-17H,1-2,6-7,12H2,(H,27,34)(H,28,33)(H,29,35)(H,30,31,32)/t16-,17+/m0/s1. The topological polar surface area (TPSA) is 129 Å². The highest BCUT2D eigenvalue weighted by Gasteiger charge is 2.31. The van der Waals surface area contributed by atoms with E-state index in [4.69, 9.17) is 0 Å². The lowest BCUT2D eigenvalue weighted by Gasteiger charge is -2.32. The molecule has 9 nitrogen and oxygen atoms in total. The monoisotopic (exact) mass is 488 g/mol. The fourth-order valence-corrected chi connectivity index (χ4v) is 4.07. The smallest absolute Gasteiger partial charge is 0.350 e. The van der Waals surface area contributed by atoms with Gasteiger partial charge in [-0.05, 0) is 49.2 Å². The van der Waals surface area contributed by atoms with Crippen LogP contribution in [-0.4, -0.2) is 51.8 Å². The zero-order valence-corrected chi connectivity index (χ0v) is 18.5. The maximum absolute atomic E-state index is 12.9. The number of halogens is 3. The molecule has 1 saturated carbocycles. The van der Waals surface area contributed by atoms with Gasteiger partial charge in [-0.3, -0.25) is 14.4 Å². The number of carbonyl (C=O) groups excluding carboxylic acids is 3. The molecule has 4 rings (SSSR count).